The van der Waals surface area contributed by atoms with Crippen LogP contribution in [-0.2, 0) is 13.0 Å². The van der Waals surface area contributed by atoms with E-state index in [4.69, 9.17) is 9.97 Å². The average Bonchev–Trinajstić information content (AvgIpc) is 3.33. The van der Waals surface area contributed by atoms with Crippen LogP contribution in [0.3, 0.4) is 0 Å². The summed E-state index contributed by atoms with van der Waals surface area (Å²) < 4.78 is 1.98. The minimum atomic E-state index is 0.281. The number of nitrogens with zero attached hydrogens (tertiary/aromatic N) is 5. The van der Waals surface area contributed by atoms with E-state index >= 15 is 0 Å². The first-order valence-electron chi connectivity index (χ1n) is 8.31. The van der Waals surface area contributed by atoms with E-state index in [2.05, 4.69) is 27.5 Å². The fourth-order valence-electron chi connectivity index (χ4n) is 3.25. The topological polar surface area (TPSA) is 68.5 Å². The first kappa shape index (κ1) is 14.5. The van der Waals surface area contributed by atoms with E-state index in [0.717, 1.165) is 52.6 Å². The Morgan fingerprint density at radius 2 is 2.08 bits per heavy atom. The van der Waals surface area contributed by atoms with Gasteiger partial charge in [-0.3, -0.25) is 0 Å². The third-order valence-corrected chi connectivity index (χ3v) is 5.36. The second-order valence-corrected chi connectivity index (χ2v) is 7.08. The molecule has 0 aliphatic carbocycles. The van der Waals surface area contributed by atoms with Crippen molar-refractivity contribution >= 4 is 28.1 Å². The number of nitrogens with one attached hydrogen (secondary N) is 1. The summed E-state index contributed by atoms with van der Waals surface area (Å²) in [5.41, 5.74) is 0.959. The Hall–Kier alpha value is -2.80. The molecule has 0 spiro atoms. The Labute approximate surface area is 148 Å². The monoisotopic (exact) mass is 348 g/mol. The predicted molar refractivity (Wildman–Crippen MR) is 98.6 cm³/mol. The van der Waals surface area contributed by atoms with E-state index in [1.165, 1.54) is 0 Å². The largest absolute Gasteiger partial charge is 0.365 e. The molecule has 0 radical (unpaired) electrons. The fourth-order valence-corrected chi connectivity index (χ4v) is 3.91. The summed E-state index contributed by atoms with van der Waals surface area (Å²) in [6, 6.07) is 12.5. The van der Waals surface area contributed by atoms with Crippen molar-refractivity contribution in [3.8, 4) is 10.7 Å². The van der Waals surface area contributed by atoms with Gasteiger partial charge in [-0.2, -0.15) is 5.10 Å². The molecule has 1 aliphatic heterocycles. The standard InChI is InChI=1S/C18H16N6S/c1-2-5-14-13(4-1)17(23-18(22-14)15-6-3-9-25-15)21-12-7-8-16-19-11-20-24(16)10-12/h1-6,9,11-12H,7-8,10H2,(H,21,22,23). The molecule has 4 aromatic rings. The molecule has 3 aromatic heterocycles. The van der Waals surface area contributed by atoms with E-state index in [9.17, 15) is 0 Å². The number of aryl methyl sites for hydroxylation is 1. The van der Waals surface area contributed by atoms with E-state index in [1.54, 1.807) is 17.7 Å². The molecule has 1 aliphatic rings. The smallest absolute Gasteiger partial charge is 0.172 e. The molecule has 0 fully saturated rings. The lowest BCUT2D eigenvalue weighted by molar-refractivity contribution is 0.441. The lowest BCUT2D eigenvalue weighted by Crippen LogP contribution is -2.32. The number of thiophene rings is 1. The molecule has 1 atom stereocenters. The predicted octanol–water partition coefficient (Wildman–Crippen LogP) is 3.38. The van der Waals surface area contributed by atoms with Crippen molar-refractivity contribution in [2.24, 2.45) is 0 Å². The number of hydrogen-bond donors (Lipinski definition) is 1. The molecule has 4 heterocycles. The van der Waals surface area contributed by atoms with Gasteiger partial charge in [0.25, 0.3) is 0 Å². The van der Waals surface area contributed by atoms with Gasteiger partial charge in [0.15, 0.2) is 5.82 Å². The maximum atomic E-state index is 4.82. The van der Waals surface area contributed by atoms with Crippen LogP contribution in [0.5, 0.6) is 0 Å². The van der Waals surface area contributed by atoms with Crippen molar-refractivity contribution in [1.29, 1.82) is 0 Å². The SMILES string of the molecule is c1csc(-c2nc(NC3CCc4ncnn4C3)c3ccccc3n2)c1. The van der Waals surface area contributed by atoms with Gasteiger partial charge >= 0.3 is 0 Å². The average molecular weight is 348 g/mol. The maximum absolute atomic E-state index is 4.82. The number of rotatable bonds is 3. The molecule has 1 N–H and O–H groups in total. The zero-order valence-corrected chi connectivity index (χ0v) is 14.3. The van der Waals surface area contributed by atoms with Gasteiger partial charge in [-0.05, 0) is 30.0 Å². The third kappa shape index (κ3) is 2.66. The third-order valence-electron chi connectivity index (χ3n) is 4.49. The van der Waals surface area contributed by atoms with E-state index in [0.29, 0.717) is 0 Å². The second-order valence-electron chi connectivity index (χ2n) is 6.13. The van der Waals surface area contributed by atoms with Crippen LogP contribution in [0.25, 0.3) is 21.6 Å². The molecule has 1 aromatic carbocycles. The molecular weight excluding hydrogens is 332 g/mol. The lowest BCUT2D eigenvalue weighted by Gasteiger charge is -2.24. The fraction of sp³-hybridized carbons (Fsp3) is 0.222. The Kier molecular flexibility index (Phi) is 3.45. The van der Waals surface area contributed by atoms with Crippen LogP contribution in [0.2, 0.25) is 0 Å². The van der Waals surface area contributed by atoms with E-state index in [-0.39, 0.29) is 6.04 Å². The van der Waals surface area contributed by atoms with Crippen molar-refractivity contribution in [2.45, 2.75) is 25.4 Å². The highest BCUT2D eigenvalue weighted by molar-refractivity contribution is 7.13. The van der Waals surface area contributed by atoms with Gasteiger partial charge in [-0.15, -0.1) is 11.3 Å². The van der Waals surface area contributed by atoms with Gasteiger partial charge in [0.2, 0.25) is 0 Å². The van der Waals surface area contributed by atoms with Gasteiger partial charge in [0.05, 0.1) is 16.9 Å². The zero-order valence-electron chi connectivity index (χ0n) is 13.5. The molecule has 5 rings (SSSR count). The quantitative estimate of drug-likeness (QED) is 0.615. The molecule has 0 bridgehead atoms. The maximum Gasteiger partial charge on any atom is 0.172 e. The molecule has 0 amide bonds. The molecule has 124 valence electrons. The normalized spacial score (nSPS) is 16.7. The zero-order chi connectivity index (χ0) is 16.6. The van der Waals surface area contributed by atoms with Gasteiger partial charge < -0.3 is 5.32 Å². The molecule has 7 heteroatoms. The van der Waals surface area contributed by atoms with Gasteiger partial charge in [0.1, 0.15) is 18.0 Å². The van der Waals surface area contributed by atoms with E-state index in [1.807, 2.05) is 34.3 Å². The summed E-state index contributed by atoms with van der Waals surface area (Å²) in [6.45, 7) is 0.808. The summed E-state index contributed by atoms with van der Waals surface area (Å²) >= 11 is 1.66. The Morgan fingerprint density at radius 3 is 3.00 bits per heavy atom. The molecule has 6 nitrogen and oxygen atoms in total. The summed E-state index contributed by atoms with van der Waals surface area (Å²) in [7, 11) is 0. The van der Waals surface area contributed by atoms with Gasteiger partial charge in [-0.25, -0.2) is 19.6 Å². The minimum absolute atomic E-state index is 0.281. The number of benzene rings is 1. The summed E-state index contributed by atoms with van der Waals surface area (Å²) in [6.07, 6.45) is 3.58. The van der Waals surface area contributed by atoms with Crippen molar-refractivity contribution in [3.05, 3.63) is 53.9 Å². The highest BCUT2D eigenvalue weighted by Gasteiger charge is 2.21. The molecule has 0 saturated heterocycles. The summed E-state index contributed by atoms with van der Waals surface area (Å²) in [5, 5.41) is 11.0. The number of para-hydroxylation sites is 1. The van der Waals surface area contributed by atoms with Crippen LogP contribution in [0, 0.1) is 0 Å². The van der Waals surface area contributed by atoms with Crippen LogP contribution in [0.15, 0.2) is 48.1 Å². The highest BCUT2D eigenvalue weighted by atomic mass is 32.1. The van der Waals surface area contributed by atoms with Gasteiger partial charge in [0, 0.05) is 17.8 Å². The van der Waals surface area contributed by atoms with Crippen LogP contribution in [0.4, 0.5) is 5.82 Å². The minimum Gasteiger partial charge on any atom is -0.365 e. The molecule has 1 unspecified atom stereocenters. The summed E-state index contributed by atoms with van der Waals surface area (Å²) in [4.78, 5) is 14.9. The van der Waals surface area contributed by atoms with Crippen molar-refractivity contribution in [1.82, 2.24) is 24.7 Å². The Balaban J connectivity index is 1.54. The number of fused-ring (bicyclic) bond motifs is 2. The Bertz CT molecular complexity index is 1020. The van der Waals surface area contributed by atoms with Crippen LogP contribution in [0.1, 0.15) is 12.2 Å². The highest BCUT2D eigenvalue weighted by Crippen LogP contribution is 2.28. The van der Waals surface area contributed by atoms with Crippen molar-refractivity contribution < 1.29 is 0 Å². The van der Waals surface area contributed by atoms with Gasteiger partial charge in [-0.1, -0.05) is 18.2 Å². The number of aromatic nitrogens is 5. The lowest BCUT2D eigenvalue weighted by atomic mass is 10.1. The second kappa shape index (κ2) is 5.93. The van der Waals surface area contributed by atoms with Crippen molar-refractivity contribution in [3.63, 3.8) is 0 Å². The van der Waals surface area contributed by atoms with E-state index < -0.39 is 0 Å². The van der Waals surface area contributed by atoms with Crippen LogP contribution < -0.4 is 5.32 Å². The first-order valence-corrected chi connectivity index (χ1v) is 9.19. The number of hydrogen-bond acceptors (Lipinski definition) is 6. The van der Waals surface area contributed by atoms with Crippen LogP contribution >= 0.6 is 11.3 Å². The van der Waals surface area contributed by atoms with Crippen molar-refractivity contribution in [2.75, 3.05) is 5.32 Å². The molecule has 25 heavy (non-hydrogen) atoms. The Morgan fingerprint density at radius 1 is 1.12 bits per heavy atom. The molecular formula is C18H16N6S. The van der Waals surface area contributed by atoms with Crippen LogP contribution in [-0.4, -0.2) is 30.8 Å². The summed E-state index contributed by atoms with van der Waals surface area (Å²) in [5.74, 6) is 2.72. The first-order chi connectivity index (χ1) is 12.4. The number of anilines is 1. The molecule has 0 saturated carbocycles.